The van der Waals surface area contributed by atoms with Crippen molar-refractivity contribution in [3.8, 4) is 0 Å². The number of carboxylic acids is 1. The lowest BCUT2D eigenvalue weighted by atomic mass is 10.1. The molecule has 0 bridgehead atoms. The maximum absolute atomic E-state index is 12.4. The van der Waals surface area contributed by atoms with Gasteiger partial charge in [0, 0.05) is 5.69 Å². The van der Waals surface area contributed by atoms with Crippen molar-refractivity contribution >= 4 is 50.6 Å². The number of nitrogens with one attached hydrogen (secondary N) is 1. The molecule has 0 unspecified atom stereocenters. The van der Waals surface area contributed by atoms with Gasteiger partial charge in [-0.15, -0.1) is 0 Å². The van der Waals surface area contributed by atoms with Crippen molar-refractivity contribution in [2.75, 3.05) is 10.5 Å². The van der Waals surface area contributed by atoms with Gasteiger partial charge in [-0.2, -0.15) is 0 Å². The summed E-state index contributed by atoms with van der Waals surface area (Å²) in [4.78, 5) is 10.8. The average Bonchev–Trinajstić information content (AvgIpc) is 2.43. The first-order valence-corrected chi connectivity index (χ1v) is 8.47. The van der Waals surface area contributed by atoms with Gasteiger partial charge in [-0.25, -0.2) is 13.2 Å². The summed E-state index contributed by atoms with van der Waals surface area (Å²) in [6, 6.07) is 6.46. The third-order valence-electron chi connectivity index (χ3n) is 3.07. The molecule has 6 nitrogen and oxygen atoms in total. The molecule has 0 amide bonds. The number of benzene rings is 2. The maximum atomic E-state index is 12.4. The zero-order valence-corrected chi connectivity index (χ0v) is 14.1. The number of sulfonamides is 1. The Balaban J connectivity index is 2.39. The van der Waals surface area contributed by atoms with Gasteiger partial charge in [-0.05, 0) is 42.8 Å². The van der Waals surface area contributed by atoms with Gasteiger partial charge in [0.15, 0.2) is 0 Å². The first-order valence-electron chi connectivity index (χ1n) is 6.23. The Kier molecular flexibility index (Phi) is 4.74. The SMILES string of the molecule is Cc1cc(NS(=O)(=O)c2cc(Cl)c(N)c(Cl)c2)ccc1C(=O)O. The predicted octanol–water partition coefficient (Wildman–Crippen LogP) is 3.38. The summed E-state index contributed by atoms with van der Waals surface area (Å²) in [6.07, 6.45) is 0. The molecule has 0 aromatic heterocycles. The van der Waals surface area contributed by atoms with Crippen LogP contribution in [0.1, 0.15) is 15.9 Å². The Morgan fingerprint density at radius 1 is 1.17 bits per heavy atom. The van der Waals surface area contributed by atoms with Gasteiger partial charge < -0.3 is 10.8 Å². The van der Waals surface area contributed by atoms with E-state index in [2.05, 4.69) is 4.72 Å². The summed E-state index contributed by atoms with van der Waals surface area (Å²) in [5, 5.41) is 9.02. The molecule has 2 aromatic rings. The highest BCUT2D eigenvalue weighted by atomic mass is 35.5. The van der Waals surface area contributed by atoms with E-state index < -0.39 is 16.0 Å². The number of nitrogen functional groups attached to an aromatic ring is 1. The minimum absolute atomic E-state index is 0.0234. The quantitative estimate of drug-likeness (QED) is 0.710. The summed E-state index contributed by atoms with van der Waals surface area (Å²) >= 11 is 11.7. The van der Waals surface area contributed by atoms with E-state index in [4.69, 9.17) is 34.0 Å². The summed E-state index contributed by atoms with van der Waals surface area (Å²) in [5.74, 6) is -1.09. The molecule has 0 saturated carbocycles. The van der Waals surface area contributed by atoms with Gasteiger partial charge in [0.05, 0.1) is 26.2 Å². The normalized spacial score (nSPS) is 11.3. The molecule has 2 rings (SSSR count). The fraction of sp³-hybridized carbons (Fsp3) is 0.0714. The van der Waals surface area contributed by atoms with Crippen molar-refractivity contribution in [2.45, 2.75) is 11.8 Å². The topological polar surface area (TPSA) is 109 Å². The van der Waals surface area contributed by atoms with E-state index >= 15 is 0 Å². The second kappa shape index (κ2) is 6.27. The van der Waals surface area contributed by atoms with Crippen molar-refractivity contribution in [3.05, 3.63) is 51.5 Å². The fourth-order valence-electron chi connectivity index (χ4n) is 1.90. The lowest BCUT2D eigenvalue weighted by Gasteiger charge is -2.11. The lowest BCUT2D eigenvalue weighted by molar-refractivity contribution is 0.0696. The minimum atomic E-state index is -3.95. The van der Waals surface area contributed by atoms with E-state index in [1.165, 1.54) is 30.3 Å². The molecule has 23 heavy (non-hydrogen) atoms. The van der Waals surface area contributed by atoms with E-state index in [1.807, 2.05) is 0 Å². The van der Waals surface area contributed by atoms with Gasteiger partial charge >= 0.3 is 5.97 Å². The van der Waals surface area contributed by atoms with Crippen LogP contribution in [0.2, 0.25) is 10.0 Å². The summed E-state index contributed by atoms with van der Waals surface area (Å²) in [5.41, 5.74) is 6.40. The summed E-state index contributed by atoms with van der Waals surface area (Å²) < 4.78 is 27.1. The Bertz CT molecular complexity index is 875. The van der Waals surface area contributed by atoms with E-state index in [0.29, 0.717) is 5.56 Å². The van der Waals surface area contributed by atoms with Gasteiger partial charge in [0.25, 0.3) is 10.0 Å². The molecule has 0 aliphatic heterocycles. The number of anilines is 2. The molecule has 0 heterocycles. The second-order valence-electron chi connectivity index (χ2n) is 4.74. The molecule has 0 fully saturated rings. The zero-order valence-electron chi connectivity index (χ0n) is 11.8. The van der Waals surface area contributed by atoms with E-state index in [9.17, 15) is 13.2 Å². The summed E-state index contributed by atoms with van der Waals surface area (Å²) in [6.45, 7) is 1.57. The van der Waals surface area contributed by atoms with Gasteiger partial charge in [0.2, 0.25) is 0 Å². The first-order chi connectivity index (χ1) is 10.6. The Morgan fingerprint density at radius 2 is 1.74 bits per heavy atom. The number of halogens is 2. The number of carbonyl (C=O) groups is 1. The van der Waals surface area contributed by atoms with E-state index in [0.717, 1.165) is 0 Å². The highest BCUT2D eigenvalue weighted by molar-refractivity contribution is 7.92. The number of carboxylic acid groups (broad SMARTS) is 1. The maximum Gasteiger partial charge on any atom is 0.335 e. The zero-order chi connectivity index (χ0) is 17.4. The predicted molar refractivity (Wildman–Crippen MR) is 89.8 cm³/mol. The van der Waals surface area contributed by atoms with Crippen LogP contribution in [-0.2, 0) is 10.0 Å². The molecule has 0 radical (unpaired) electrons. The number of hydrogen-bond acceptors (Lipinski definition) is 4. The minimum Gasteiger partial charge on any atom is -0.478 e. The van der Waals surface area contributed by atoms with E-state index in [-0.39, 0.29) is 31.9 Å². The number of nitrogens with two attached hydrogens (primary N) is 1. The molecule has 122 valence electrons. The fourth-order valence-corrected chi connectivity index (χ4v) is 3.61. The van der Waals surface area contributed by atoms with Crippen LogP contribution in [0.25, 0.3) is 0 Å². The van der Waals surface area contributed by atoms with Crippen LogP contribution in [0.5, 0.6) is 0 Å². The van der Waals surface area contributed by atoms with Gasteiger partial charge in [-0.1, -0.05) is 23.2 Å². The highest BCUT2D eigenvalue weighted by Crippen LogP contribution is 2.31. The molecular formula is C14H12Cl2N2O4S. The van der Waals surface area contributed by atoms with Crippen molar-refractivity contribution in [3.63, 3.8) is 0 Å². The van der Waals surface area contributed by atoms with Crippen LogP contribution in [0.3, 0.4) is 0 Å². The third-order valence-corrected chi connectivity index (χ3v) is 5.06. The smallest absolute Gasteiger partial charge is 0.335 e. The Labute approximate surface area is 142 Å². The number of hydrogen-bond donors (Lipinski definition) is 3. The van der Waals surface area contributed by atoms with Crippen molar-refractivity contribution < 1.29 is 18.3 Å². The van der Waals surface area contributed by atoms with Gasteiger partial charge in [0.1, 0.15) is 0 Å². The van der Waals surface area contributed by atoms with Crippen LogP contribution < -0.4 is 10.5 Å². The standard InChI is InChI=1S/C14H12Cl2N2O4S/c1-7-4-8(2-3-10(7)14(19)20)18-23(21,22)9-5-11(15)13(17)12(16)6-9/h2-6,18H,17H2,1H3,(H,19,20). The van der Waals surface area contributed by atoms with Crippen molar-refractivity contribution in [2.24, 2.45) is 0 Å². The number of aromatic carboxylic acids is 1. The summed E-state index contributed by atoms with van der Waals surface area (Å²) in [7, 11) is -3.95. The molecule has 0 aliphatic rings. The molecular weight excluding hydrogens is 363 g/mol. The molecule has 0 aliphatic carbocycles. The van der Waals surface area contributed by atoms with Crippen molar-refractivity contribution in [1.82, 2.24) is 0 Å². The van der Waals surface area contributed by atoms with Crippen molar-refractivity contribution in [1.29, 1.82) is 0 Å². The number of rotatable bonds is 4. The second-order valence-corrected chi connectivity index (χ2v) is 7.24. The monoisotopic (exact) mass is 374 g/mol. The van der Waals surface area contributed by atoms with Gasteiger partial charge in [-0.3, -0.25) is 4.72 Å². The van der Waals surface area contributed by atoms with Crippen LogP contribution >= 0.6 is 23.2 Å². The molecule has 4 N–H and O–H groups in total. The molecule has 0 saturated heterocycles. The molecule has 0 spiro atoms. The first kappa shape index (κ1) is 17.4. The lowest BCUT2D eigenvalue weighted by Crippen LogP contribution is -2.14. The number of aryl methyl sites for hydroxylation is 1. The Morgan fingerprint density at radius 3 is 2.22 bits per heavy atom. The van der Waals surface area contributed by atoms with Crippen LogP contribution in [-0.4, -0.2) is 19.5 Å². The van der Waals surface area contributed by atoms with Crippen LogP contribution in [0, 0.1) is 6.92 Å². The highest BCUT2D eigenvalue weighted by Gasteiger charge is 2.18. The molecule has 9 heteroatoms. The Hall–Kier alpha value is -1.96. The molecule has 2 aromatic carbocycles. The third kappa shape index (κ3) is 3.69. The van der Waals surface area contributed by atoms with Crippen LogP contribution in [0.15, 0.2) is 35.2 Å². The van der Waals surface area contributed by atoms with Crippen LogP contribution in [0.4, 0.5) is 11.4 Å². The molecule has 0 atom stereocenters. The van der Waals surface area contributed by atoms with E-state index in [1.54, 1.807) is 6.92 Å². The largest absolute Gasteiger partial charge is 0.478 e. The average molecular weight is 375 g/mol.